The molecule has 0 saturated heterocycles. The van der Waals surface area contributed by atoms with Gasteiger partial charge in [0.05, 0.1) is 25.0 Å². The van der Waals surface area contributed by atoms with E-state index < -0.39 is 5.97 Å². The highest BCUT2D eigenvalue weighted by molar-refractivity contribution is 5.69. The largest absolute Gasteiger partial charge is 0.465 e. The van der Waals surface area contributed by atoms with Gasteiger partial charge in [-0.1, -0.05) is 0 Å². The van der Waals surface area contributed by atoms with Gasteiger partial charge in [-0.05, 0) is 0 Å². The Balaban J connectivity index is 3.26. The molecule has 0 aliphatic carbocycles. The molecule has 0 rings (SSSR count). The molecule has 0 saturated carbocycles. The molecule has 0 aliphatic rings. The number of nitriles is 2. The molecule has 0 fully saturated rings. The third kappa shape index (κ3) is 6.33. The van der Waals surface area contributed by atoms with Gasteiger partial charge in [-0.2, -0.15) is 10.5 Å². The maximum absolute atomic E-state index is 10.6. The van der Waals surface area contributed by atoms with Crippen molar-refractivity contribution in [1.29, 1.82) is 10.5 Å². The minimum atomic E-state index is -0.415. The van der Waals surface area contributed by atoms with Crippen LogP contribution in [-0.4, -0.2) is 12.6 Å². The molecule has 0 radical (unpaired) electrons. The zero-order chi connectivity index (χ0) is 8.53. The third-order valence-corrected chi connectivity index (χ3v) is 0.918. The van der Waals surface area contributed by atoms with Crippen molar-refractivity contribution in [2.45, 2.75) is 19.3 Å². The van der Waals surface area contributed by atoms with E-state index in [1.54, 1.807) is 0 Å². The fraction of sp³-hybridized carbons (Fsp3) is 0.571. The Labute approximate surface area is 65.0 Å². The first-order valence-electron chi connectivity index (χ1n) is 3.20. The van der Waals surface area contributed by atoms with Gasteiger partial charge in [-0.15, -0.1) is 0 Å². The van der Waals surface area contributed by atoms with Gasteiger partial charge < -0.3 is 4.74 Å². The molecule has 0 aromatic rings. The van der Waals surface area contributed by atoms with Crippen molar-refractivity contribution < 1.29 is 9.53 Å². The predicted octanol–water partition coefficient (Wildman–Crippen LogP) is 0.747. The first-order valence-corrected chi connectivity index (χ1v) is 3.20. The number of ether oxygens (including phenoxy) is 1. The second-order valence-corrected chi connectivity index (χ2v) is 1.79. The van der Waals surface area contributed by atoms with Crippen molar-refractivity contribution >= 4 is 5.97 Å². The van der Waals surface area contributed by atoms with Gasteiger partial charge in [-0.25, -0.2) is 0 Å². The summed E-state index contributed by atoms with van der Waals surface area (Å²) in [6.07, 6.45) is 0.492. The van der Waals surface area contributed by atoms with E-state index in [1.165, 1.54) is 0 Å². The molecular formula is C7H8N2O2. The lowest BCUT2D eigenvalue weighted by Gasteiger charge is -1.97. The van der Waals surface area contributed by atoms with Gasteiger partial charge in [0.25, 0.3) is 0 Å². The zero-order valence-corrected chi connectivity index (χ0v) is 6.04. The number of carbonyl (C=O) groups is 1. The maximum atomic E-state index is 10.6. The van der Waals surface area contributed by atoms with Gasteiger partial charge >= 0.3 is 5.97 Å². The van der Waals surface area contributed by atoms with Gasteiger partial charge in [0, 0.05) is 6.42 Å². The molecule has 0 spiro atoms. The van der Waals surface area contributed by atoms with Crippen LogP contribution in [-0.2, 0) is 9.53 Å². The van der Waals surface area contributed by atoms with Gasteiger partial charge in [0.2, 0.25) is 0 Å². The molecule has 0 N–H and O–H groups in total. The average Bonchev–Trinajstić information content (AvgIpc) is 2.01. The Kier molecular flexibility index (Phi) is 5.64. The molecule has 0 aromatic heterocycles. The summed E-state index contributed by atoms with van der Waals surface area (Å²) in [6, 6.07) is 3.66. The number of nitrogens with zero attached hydrogens (tertiary/aromatic N) is 2. The Hall–Kier alpha value is -1.55. The van der Waals surface area contributed by atoms with Gasteiger partial charge in [0.15, 0.2) is 0 Å². The summed E-state index contributed by atoms with van der Waals surface area (Å²) in [7, 11) is 0. The van der Waals surface area contributed by atoms with E-state index in [2.05, 4.69) is 4.74 Å². The summed E-state index contributed by atoms with van der Waals surface area (Å²) in [5.41, 5.74) is 0. The fourth-order valence-electron chi connectivity index (χ4n) is 0.441. The molecule has 0 heterocycles. The van der Waals surface area contributed by atoms with Crippen molar-refractivity contribution in [2.24, 2.45) is 0 Å². The van der Waals surface area contributed by atoms with E-state index in [0.29, 0.717) is 0 Å². The summed E-state index contributed by atoms with van der Waals surface area (Å²) in [6.45, 7) is 0.126. The predicted molar refractivity (Wildman–Crippen MR) is 36.0 cm³/mol. The maximum Gasteiger partial charge on any atom is 0.306 e. The minimum absolute atomic E-state index is 0.113. The van der Waals surface area contributed by atoms with Gasteiger partial charge in [0.1, 0.15) is 6.61 Å². The van der Waals surface area contributed by atoms with E-state index in [-0.39, 0.29) is 25.9 Å². The summed E-state index contributed by atoms with van der Waals surface area (Å²) < 4.78 is 4.57. The average molecular weight is 152 g/mol. The Bertz CT molecular complexity index is 199. The Morgan fingerprint density at radius 3 is 2.45 bits per heavy atom. The second-order valence-electron chi connectivity index (χ2n) is 1.79. The molecule has 0 bridgehead atoms. The molecule has 11 heavy (non-hydrogen) atoms. The topological polar surface area (TPSA) is 73.9 Å². The van der Waals surface area contributed by atoms with Crippen LogP contribution in [0.3, 0.4) is 0 Å². The number of hydrogen-bond donors (Lipinski definition) is 0. The fourth-order valence-corrected chi connectivity index (χ4v) is 0.441. The molecule has 0 aromatic carbocycles. The molecule has 4 heteroatoms. The summed E-state index contributed by atoms with van der Waals surface area (Å²) >= 11 is 0. The summed E-state index contributed by atoms with van der Waals surface area (Å²) in [5, 5.41) is 16.1. The lowest BCUT2D eigenvalue weighted by molar-refractivity contribution is -0.143. The van der Waals surface area contributed by atoms with Crippen LogP contribution in [0.5, 0.6) is 0 Å². The van der Waals surface area contributed by atoms with E-state index in [0.717, 1.165) is 0 Å². The molecule has 58 valence electrons. The highest BCUT2D eigenvalue weighted by atomic mass is 16.5. The molecule has 0 unspecified atom stereocenters. The summed E-state index contributed by atoms with van der Waals surface area (Å²) in [5.74, 6) is -0.415. The van der Waals surface area contributed by atoms with Crippen LogP contribution in [0.4, 0.5) is 0 Å². The molecule has 0 aliphatic heterocycles. The number of esters is 1. The van der Waals surface area contributed by atoms with Crippen molar-refractivity contribution in [1.82, 2.24) is 0 Å². The first kappa shape index (κ1) is 9.45. The number of hydrogen-bond acceptors (Lipinski definition) is 4. The lowest BCUT2D eigenvalue weighted by Crippen LogP contribution is -2.04. The number of rotatable bonds is 4. The van der Waals surface area contributed by atoms with Crippen LogP contribution in [0.1, 0.15) is 19.3 Å². The van der Waals surface area contributed by atoms with Crippen LogP contribution in [0.15, 0.2) is 0 Å². The molecule has 4 nitrogen and oxygen atoms in total. The zero-order valence-electron chi connectivity index (χ0n) is 6.04. The second kappa shape index (κ2) is 6.57. The highest BCUT2D eigenvalue weighted by Crippen LogP contribution is 1.91. The molecule has 0 amide bonds. The Morgan fingerprint density at radius 1 is 1.27 bits per heavy atom. The monoisotopic (exact) mass is 152 g/mol. The highest BCUT2D eigenvalue weighted by Gasteiger charge is 1.99. The molecule has 0 atom stereocenters. The van der Waals surface area contributed by atoms with Crippen molar-refractivity contribution in [2.75, 3.05) is 6.61 Å². The minimum Gasteiger partial charge on any atom is -0.465 e. The quantitative estimate of drug-likeness (QED) is 0.440. The summed E-state index contributed by atoms with van der Waals surface area (Å²) in [4.78, 5) is 10.6. The van der Waals surface area contributed by atoms with Gasteiger partial charge in [-0.3, -0.25) is 4.79 Å². The van der Waals surface area contributed by atoms with Crippen molar-refractivity contribution in [3.8, 4) is 12.1 Å². The first-order chi connectivity index (χ1) is 5.31. The van der Waals surface area contributed by atoms with E-state index in [9.17, 15) is 4.79 Å². The van der Waals surface area contributed by atoms with Crippen LogP contribution >= 0.6 is 0 Å². The third-order valence-electron chi connectivity index (χ3n) is 0.918. The Morgan fingerprint density at radius 2 is 1.91 bits per heavy atom. The van der Waals surface area contributed by atoms with Crippen molar-refractivity contribution in [3.63, 3.8) is 0 Å². The SMILES string of the molecule is N#CCCOC(=O)CCC#N. The lowest BCUT2D eigenvalue weighted by atomic mass is 10.3. The normalized spacial score (nSPS) is 7.82. The van der Waals surface area contributed by atoms with Crippen molar-refractivity contribution in [3.05, 3.63) is 0 Å². The van der Waals surface area contributed by atoms with E-state index >= 15 is 0 Å². The molecular weight excluding hydrogens is 144 g/mol. The van der Waals surface area contributed by atoms with E-state index in [4.69, 9.17) is 10.5 Å². The standard InChI is InChI=1S/C7H8N2O2/c8-4-1-3-7(10)11-6-2-5-9/h1-3,6H2. The van der Waals surface area contributed by atoms with E-state index in [1.807, 2.05) is 12.1 Å². The van der Waals surface area contributed by atoms with Crippen LogP contribution < -0.4 is 0 Å². The van der Waals surface area contributed by atoms with Crippen LogP contribution in [0.25, 0.3) is 0 Å². The van der Waals surface area contributed by atoms with Crippen LogP contribution in [0.2, 0.25) is 0 Å². The van der Waals surface area contributed by atoms with Crippen LogP contribution in [0, 0.1) is 22.7 Å². The smallest absolute Gasteiger partial charge is 0.306 e. The number of carbonyl (C=O) groups excluding carboxylic acids is 1.